The highest BCUT2D eigenvalue weighted by Crippen LogP contribution is 2.29. The van der Waals surface area contributed by atoms with E-state index in [1.807, 2.05) is 4.90 Å². The highest BCUT2D eigenvalue weighted by molar-refractivity contribution is 5.81. The minimum atomic E-state index is -0.329. The van der Waals surface area contributed by atoms with E-state index in [9.17, 15) is 4.79 Å². The monoisotopic (exact) mass is 365 g/mol. The molecular formula is C22H27N3O2. The summed E-state index contributed by atoms with van der Waals surface area (Å²) in [5.41, 5.74) is 2.59. The molecule has 0 spiro atoms. The van der Waals surface area contributed by atoms with E-state index in [4.69, 9.17) is 4.74 Å². The molecule has 142 valence electrons. The molecule has 2 heterocycles. The Kier molecular flexibility index (Phi) is 5.82. The van der Waals surface area contributed by atoms with Gasteiger partial charge < -0.3 is 15.0 Å². The molecule has 1 atom stereocenters. The average Bonchev–Trinajstić information content (AvgIpc) is 2.76. The summed E-state index contributed by atoms with van der Waals surface area (Å²) in [5, 5.41) is 3.24. The number of piperazine rings is 1. The van der Waals surface area contributed by atoms with Crippen molar-refractivity contribution in [3.8, 4) is 0 Å². The number of morpholine rings is 1. The predicted molar refractivity (Wildman–Crippen MR) is 105 cm³/mol. The van der Waals surface area contributed by atoms with Crippen LogP contribution >= 0.6 is 0 Å². The predicted octanol–water partition coefficient (Wildman–Crippen LogP) is 1.91. The average molecular weight is 365 g/mol. The third kappa shape index (κ3) is 4.21. The largest absolute Gasteiger partial charge is 0.366 e. The molecule has 1 amide bonds. The first-order valence-electron chi connectivity index (χ1n) is 9.78. The van der Waals surface area contributed by atoms with E-state index in [-0.39, 0.29) is 18.1 Å². The van der Waals surface area contributed by atoms with E-state index >= 15 is 0 Å². The van der Waals surface area contributed by atoms with Crippen LogP contribution in [0.15, 0.2) is 60.7 Å². The number of ether oxygens (including phenoxy) is 1. The van der Waals surface area contributed by atoms with Gasteiger partial charge in [0.1, 0.15) is 6.10 Å². The number of hydrogen-bond donors (Lipinski definition) is 1. The quantitative estimate of drug-likeness (QED) is 0.899. The molecule has 2 aliphatic heterocycles. The van der Waals surface area contributed by atoms with Gasteiger partial charge in [-0.25, -0.2) is 0 Å². The summed E-state index contributed by atoms with van der Waals surface area (Å²) >= 11 is 0. The number of hydrogen-bond acceptors (Lipinski definition) is 4. The fourth-order valence-corrected chi connectivity index (χ4v) is 4.01. The minimum absolute atomic E-state index is 0.123. The normalized spacial score (nSPS) is 21.4. The molecule has 1 N–H and O–H groups in total. The zero-order chi connectivity index (χ0) is 18.5. The molecule has 2 aliphatic rings. The Labute approximate surface area is 160 Å². The summed E-state index contributed by atoms with van der Waals surface area (Å²) in [6.45, 7) is 5.27. The summed E-state index contributed by atoms with van der Waals surface area (Å²) in [5.74, 6) is 0.123. The van der Waals surface area contributed by atoms with Crippen LogP contribution in [-0.2, 0) is 9.53 Å². The third-order valence-electron chi connectivity index (χ3n) is 5.42. The second kappa shape index (κ2) is 8.65. The van der Waals surface area contributed by atoms with Crippen molar-refractivity contribution in [1.82, 2.24) is 15.1 Å². The van der Waals surface area contributed by atoms with Gasteiger partial charge in [-0.3, -0.25) is 9.69 Å². The molecule has 0 aromatic heterocycles. The summed E-state index contributed by atoms with van der Waals surface area (Å²) in [6, 6.07) is 21.5. The SMILES string of the molecule is O=C(C1CNCCO1)N1CCN(C(c2ccccc2)c2ccccc2)CC1. The second-order valence-corrected chi connectivity index (χ2v) is 7.15. The molecule has 2 aromatic rings. The van der Waals surface area contributed by atoms with Crippen LogP contribution in [0.5, 0.6) is 0 Å². The molecule has 0 aliphatic carbocycles. The highest BCUT2D eigenvalue weighted by atomic mass is 16.5. The first kappa shape index (κ1) is 18.2. The smallest absolute Gasteiger partial charge is 0.253 e. The lowest BCUT2D eigenvalue weighted by atomic mass is 9.96. The molecule has 5 heteroatoms. The lowest BCUT2D eigenvalue weighted by Crippen LogP contribution is -2.55. The maximum atomic E-state index is 12.7. The number of amides is 1. The zero-order valence-corrected chi connectivity index (χ0v) is 15.6. The van der Waals surface area contributed by atoms with Crippen molar-refractivity contribution < 1.29 is 9.53 Å². The van der Waals surface area contributed by atoms with E-state index in [1.54, 1.807) is 0 Å². The first-order chi connectivity index (χ1) is 13.3. The van der Waals surface area contributed by atoms with Gasteiger partial charge in [-0.15, -0.1) is 0 Å². The zero-order valence-electron chi connectivity index (χ0n) is 15.6. The lowest BCUT2D eigenvalue weighted by Gasteiger charge is -2.41. The Bertz CT molecular complexity index is 684. The summed E-state index contributed by atoms with van der Waals surface area (Å²) in [7, 11) is 0. The van der Waals surface area contributed by atoms with Gasteiger partial charge in [0.05, 0.1) is 12.6 Å². The van der Waals surface area contributed by atoms with Gasteiger partial charge in [-0.05, 0) is 11.1 Å². The molecule has 0 bridgehead atoms. The Balaban J connectivity index is 1.46. The van der Waals surface area contributed by atoms with Crippen LogP contribution in [0.1, 0.15) is 17.2 Å². The van der Waals surface area contributed by atoms with Crippen molar-refractivity contribution in [3.63, 3.8) is 0 Å². The van der Waals surface area contributed by atoms with Crippen LogP contribution in [0, 0.1) is 0 Å². The fourth-order valence-electron chi connectivity index (χ4n) is 4.01. The molecule has 27 heavy (non-hydrogen) atoms. The van der Waals surface area contributed by atoms with Crippen LogP contribution in [0.3, 0.4) is 0 Å². The molecule has 5 nitrogen and oxygen atoms in total. The Morgan fingerprint density at radius 2 is 1.52 bits per heavy atom. The van der Waals surface area contributed by atoms with E-state index in [0.717, 1.165) is 32.7 Å². The molecule has 0 saturated carbocycles. The Morgan fingerprint density at radius 1 is 0.926 bits per heavy atom. The van der Waals surface area contributed by atoms with E-state index in [0.29, 0.717) is 13.2 Å². The molecule has 2 aromatic carbocycles. The number of carbonyl (C=O) groups is 1. The Morgan fingerprint density at radius 3 is 2.04 bits per heavy atom. The summed E-state index contributed by atoms with van der Waals surface area (Å²) in [4.78, 5) is 17.2. The van der Waals surface area contributed by atoms with E-state index in [2.05, 4.69) is 70.9 Å². The second-order valence-electron chi connectivity index (χ2n) is 7.15. The van der Waals surface area contributed by atoms with Gasteiger partial charge in [0.15, 0.2) is 0 Å². The van der Waals surface area contributed by atoms with Crippen LogP contribution in [0.25, 0.3) is 0 Å². The molecule has 0 radical (unpaired) electrons. The maximum absolute atomic E-state index is 12.7. The molecule has 2 fully saturated rings. The number of carbonyl (C=O) groups excluding carboxylic acids is 1. The summed E-state index contributed by atoms with van der Waals surface area (Å²) in [6.07, 6.45) is -0.329. The van der Waals surface area contributed by atoms with E-state index < -0.39 is 0 Å². The van der Waals surface area contributed by atoms with Crippen molar-refractivity contribution in [1.29, 1.82) is 0 Å². The highest BCUT2D eigenvalue weighted by Gasteiger charge is 2.32. The number of rotatable bonds is 4. The van der Waals surface area contributed by atoms with Crippen LogP contribution in [0.2, 0.25) is 0 Å². The van der Waals surface area contributed by atoms with Crippen molar-refractivity contribution in [3.05, 3.63) is 71.8 Å². The van der Waals surface area contributed by atoms with Gasteiger partial charge in [0, 0.05) is 39.3 Å². The minimum Gasteiger partial charge on any atom is -0.366 e. The number of benzene rings is 2. The van der Waals surface area contributed by atoms with Gasteiger partial charge in [-0.2, -0.15) is 0 Å². The van der Waals surface area contributed by atoms with Gasteiger partial charge in [0.2, 0.25) is 0 Å². The number of nitrogens with one attached hydrogen (secondary N) is 1. The van der Waals surface area contributed by atoms with Crippen LogP contribution in [0.4, 0.5) is 0 Å². The maximum Gasteiger partial charge on any atom is 0.253 e. The van der Waals surface area contributed by atoms with Crippen LogP contribution in [-0.4, -0.2) is 67.7 Å². The van der Waals surface area contributed by atoms with Crippen molar-refractivity contribution in [2.45, 2.75) is 12.1 Å². The lowest BCUT2D eigenvalue weighted by molar-refractivity contribution is -0.147. The number of nitrogens with zero attached hydrogens (tertiary/aromatic N) is 2. The van der Waals surface area contributed by atoms with E-state index in [1.165, 1.54) is 11.1 Å². The molecular weight excluding hydrogens is 338 g/mol. The van der Waals surface area contributed by atoms with Crippen molar-refractivity contribution >= 4 is 5.91 Å². The topological polar surface area (TPSA) is 44.8 Å². The molecule has 1 unspecified atom stereocenters. The standard InChI is InChI=1S/C22H27N3O2/c26-22(20-17-23-11-16-27-20)25-14-12-24(13-15-25)21(18-7-3-1-4-8-18)19-9-5-2-6-10-19/h1-10,20-21,23H,11-17H2. The first-order valence-corrected chi connectivity index (χ1v) is 9.78. The van der Waals surface area contributed by atoms with Crippen LogP contribution < -0.4 is 5.32 Å². The summed E-state index contributed by atoms with van der Waals surface area (Å²) < 4.78 is 5.64. The fraction of sp³-hybridized carbons (Fsp3) is 0.409. The van der Waals surface area contributed by atoms with Gasteiger partial charge >= 0.3 is 0 Å². The third-order valence-corrected chi connectivity index (χ3v) is 5.42. The molecule has 4 rings (SSSR count). The van der Waals surface area contributed by atoms with Crippen molar-refractivity contribution in [2.75, 3.05) is 45.9 Å². The van der Waals surface area contributed by atoms with Gasteiger partial charge in [-0.1, -0.05) is 60.7 Å². The molecule has 2 saturated heterocycles. The van der Waals surface area contributed by atoms with Gasteiger partial charge in [0.25, 0.3) is 5.91 Å². The Hall–Kier alpha value is -2.21. The van der Waals surface area contributed by atoms with Crippen molar-refractivity contribution in [2.24, 2.45) is 0 Å².